The van der Waals surface area contributed by atoms with Crippen LogP contribution in [0.4, 0.5) is 0 Å². The molecule has 5 heteroatoms. The van der Waals surface area contributed by atoms with Gasteiger partial charge in [-0.15, -0.1) is 6.58 Å². The molecule has 0 saturated heterocycles. The summed E-state index contributed by atoms with van der Waals surface area (Å²) in [5, 5.41) is 0. The van der Waals surface area contributed by atoms with Gasteiger partial charge in [0.1, 0.15) is 0 Å². The van der Waals surface area contributed by atoms with Crippen molar-refractivity contribution in [2.24, 2.45) is 0 Å². The van der Waals surface area contributed by atoms with Crippen LogP contribution in [-0.2, 0) is 14.8 Å². The molecule has 0 spiro atoms. The summed E-state index contributed by atoms with van der Waals surface area (Å²) < 4.78 is 26.1. The van der Waals surface area contributed by atoms with Crippen LogP contribution in [0.25, 0.3) is 0 Å². The Morgan fingerprint density at radius 1 is 1.35 bits per heavy atom. The smallest absolute Gasteiger partial charge is 0.244 e. The average Bonchev–Trinajstić information content (AvgIpc) is 2.38. The molecule has 1 aromatic rings. The lowest BCUT2D eigenvalue weighted by Gasteiger charge is -2.18. The number of sulfonamides is 1. The number of Topliss-reactive ketones (excluding diaryl/α,β-unsaturated/α-hetero) is 1. The molecular weight excluding hydrogens is 274 g/mol. The highest BCUT2D eigenvalue weighted by molar-refractivity contribution is 7.89. The van der Waals surface area contributed by atoms with Crippen molar-refractivity contribution in [3.05, 3.63) is 42.5 Å². The van der Waals surface area contributed by atoms with E-state index in [2.05, 4.69) is 18.4 Å². The Morgan fingerprint density at radius 3 is 2.45 bits per heavy atom. The normalized spacial score (nSPS) is 10.8. The molecule has 0 heterocycles. The molecule has 0 aliphatic carbocycles. The molecule has 0 saturated carbocycles. The second-order valence-corrected chi connectivity index (χ2v) is 6.20. The number of rotatable bonds is 5. The predicted octanol–water partition coefficient (Wildman–Crippen LogP) is 1.76. The molecule has 0 fully saturated rings. The van der Waals surface area contributed by atoms with Crippen molar-refractivity contribution in [3.8, 4) is 11.8 Å². The molecule has 0 aliphatic heterocycles. The molecule has 0 N–H and O–H groups in total. The van der Waals surface area contributed by atoms with E-state index in [4.69, 9.17) is 0 Å². The van der Waals surface area contributed by atoms with Crippen molar-refractivity contribution in [3.63, 3.8) is 0 Å². The van der Waals surface area contributed by atoms with E-state index in [1.165, 1.54) is 17.3 Å². The molecule has 0 amide bonds. The van der Waals surface area contributed by atoms with Gasteiger partial charge in [0.05, 0.1) is 11.4 Å². The fourth-order valence-corrected chi connectivity index (χ4v) is 2.82. The van der Waals surface area contributed by atoms with Gasteiger partial charge in [-0.1, -0.05) is 29.7 Å². The SMILES string of the molecule is C=CCN(CC#CC(C)=O)S(=O)(=O)c1ccc(C)cc1. The minimum absolute atomic E-state index is 0.0399. The summed E-state index contributed by atoms with van der Waals surface area (Å²) in [6.45, 7) is 6.86. The highest BCUT2D eigenvalue weighted by Crippen LogP contribution is 2.15. The van der Waals surface area contributed by atoms with Gasteiger partial charge in [-0.2, -0.15) is 4.31 Å². The third-order valence-corrected chi connectivity index (χ3v) is 4.34. The first kappa shape index (κ1) is 16.2. The molecular formula is C15H17NO3S. The molecule has 1 rings (SSSR count). The number of carbonyl (C=O) groups is 1. The third kappa shape index (κ3) is 4.34. The van der Waals surface area contributed by atoms with E-state index < -0.39 is 10.0 Å². The van der Waals surface area contributed by atoms with Crippen molar-refractivity contribution >= 4 is 15.8 Å². The fraction of sp³-hybridized carbons (Fsp3) is 0.267. The average molecular weight is 291 g/mol. The van der Waals surface area contributed by atoms with E-state index in [1.807, 2.05) is 6.92 Å². The molecule has 1 aromatic carbocycles. The lowest BCUT2D eigenvalue weighted by atomic mass is 10.2. The molecule has 4 nitrogen and oxygen atoms in total. The fourth-order valence-electron chi connectivity index (χ4n) is 1.50. The van der Waals surface area contributed by atoms with Crippen LogP contribution in [0, 0.1) is 18.8 Å². The van der Waals surface area contributed by atoms with Crippen LogP contribution in [0.1, 0.15) is 12.5 Å². The molecule has 106 valence electrons. The maximum Gasteiger partial charge on any atom is 0.244 e. The van der Waals surface area contributed by atoms with Crippen molar-refractivity contribution < 1.29 is 13.2 Å². The van der Waals surface area contributed by atoms with Gasteiger partial charge in [-0.25, -0.2) is 8.42 Å². The van der Waals surface area contributed by atoms with Crippen molar-refractivity contribution in [2.45, 2.75) is 18.7 Å². The first-order valence-electron chi connectivity index (χ1n) is 6.05. The van der Waals surface area contributed by atoms with Crippen LogP contribution >= 0.6 is 0 Å². The van der Waals surface area contributed by atoms with Crippen molar-refractivity contribution in [1.29, 1.82) is 0 Å². The summed E-state index contributed by atoms with van der Waals surface area (Å²) in [4.78, 5) is 11.0. The summed E-state index contributed by atoms with van der Waals surface area (Å²) in [6, 6.07) is 6.58. The lowest BCUT2D eigenvalue weighted by Crippen LogP contribution is -2.31. The molecule has 0 atom stereocenters. The summed E-state index contributed by atoms with van der Waals surface area (Å²) in [7, 11) is -3.63. The number of hydrogen-bond donors (Lipinski definition) is 0. The third-order valence-electron chi connectivity index (χ3n) is 2.51. The van der Waals surface area contributed by atoms with Crippen molar-refractivity contribution in [2.75, 3.05) is 13.1 Å². The maximum atomic E-state index is 12.4. The highest BCUT2D eigenvalue weighted by Gasteiger charge is 2.22. The Labute approximate surface area is 120 Å². The van der Waals surface area contributed by atoms with Gasteiger partial charge < -0.3 is 0 Å². The summed E-state index contributed by atoms with van der Waals surface area (Å²) >= 11 is 0. The van der Waals surface area contributed by atoms with E-state index in [1.54, 1.807) is 24.3 Å². The van der Waals surface area contributed by atoms with Crippen molar-refractivity contribution in [1.82, 2.24) is 4.31 Å². The number of hydrogen-bond acceptors (Lipinski definition) is 3. The minimum Gasteiger partial charge on any atom is -0.285 e. The van der Waals surface area contributed by atoms with Gasteiger partial charge >= 0.3 is 0 Å². The zero-order valence-corrected chi connectivity index (χ0v) is 12.4. The quantitative estimate of drug-likeness (QED) is 0.472. The monoisotopic (exact) mass is 291 g/mol. The number of nitrogens with zero attached hydrogens (tertiary/aromatic N) is 1. The second-order valence-electron chi connectivity index (χ2n) is 4.26. The van der Waals surface area contributed by atoms with Gasteiger partial charge in [-0.05, 0) is 25.0 Å². The lowest BCUT2D eigenvalue weighted by molar-refractivity contribution is -0.111. The number of benzene rings is 1. The van der Waals surface area contributed by atoms with Crippen LogP contribution in [-0.4, -0.2) is 31.6 Å². The first-order chi connectivity index (χ1) is 9.37. The van der Waals surface area contributed by atoms with Gasteiger partial charge in [0.2, 0.25) is 15.8 Å². The Bertz CT molecular complexity index is 649. The number of ketones is 1. The van der Waals surface area contributed by atoms with Gasteiger partial charge in [0, 0.05) is 13.5 Å². The van der Waals surface area contributed by atoms with Gasteiger partial charge in [-0.3, -0.25) is 4.79 Å². The largest absolute Gasteiger partial charge is 0.285 e. The molecule has 0 unspecified atom stereocenters. The van der Waals surface area contributed by atoms with E-state index >= 15 is 0 Å². The van der Waals surface area contributed by atoms with Gasteiger partial charge in [0.15, 0.2) is 0 Å². The Balaban J connectivity index is 3.06. The highest BCUT2D eigenvalue weighted by atomic mass is 32.2. The van der Waals surface area contributed by atoms with E-state index in [-0.39, 0.29) is 23.8 Å². The van der Waals surface area contributed by atoms with Crippen LogP contribution in [0.5, 0.6) is 0 Å². The Kier molecular flexibility index (Phi) is 5.68. The zero-order chi connectivity index (χ0) is 15.2. The molecule has 20 heavy (non-hydrogen) atoms. The van der Waals surface area contributed by atoms with Crippen LogP contribution in [0.15, 0.2) is 41.8 Å². The van der Waals surface area contributed by atoms with Gasteiger partial charge in [0.25, 0.3) is 0 Å². The Morgan fingerprint density at radius 2 is 1.95 bits per heavy atom. The van der Waals surface area contributed by atoms with Crippen LogP contribution in [0.2, 0.25) is 0 Å². The number of aryl methyl sites for hydroxylation is 1. The second kappa shape index (κ2) is 7.04. The topological polar surface area (TPSA) is 54.5 Å². The maximum absolute atomic E-state index is 12.4. The zero-order valence-electron chi connectivity index (χ0n) is 11.6. The summed E-state index contributed by atoms with van der Waals surface area (Å²) in [5.41, 5.74) is 0.982. The van der Waals surface area contributed by atoms with Crippen LogP contribution < -0.4 is 0 Å². The standard InChI is InChI=1S/C15H17NO3S/c1-4-11-16(12-5-6-14(3)17)20(18,19)15-9-7-13(2)8-10-15/h4,7-10H,1,11-12H2,2-3H3. The van der Waals surface area contributed by atoms with E-state index in [0.29, 0.717) is 0 Å². The first-order valence-corrected chi connectivity index (χ1v) is 7.49. The summed E-state index contributed by atoms with van der Waals surface area (Å²) in [5.74, 6) is 4.60. The van der Waals surface area contributed by atoms with E-state index in [0.717, 1.165) is 5.56 Å². The Hall–Kier alpha value is -1.90. The van der Waals surface area contributed by atoms with Crippen LogP contribution in [0.3, 0.4) is 0 Å². The molecule has 0 bridgehead atoms. The van der Waals surface area contributed by atoms with E-state index in [9.17, 15) is 13.2 Å². The summed E-state index contributed by atoms with van der Waals surface area (Å²) in [6.07, 6.45) is 1.49. The molecule has 0 radical (unpaired) electrons. The molecule has 0 aliphatic rings. The predicted molar refractivity (Wildman–Crippen MR) is 78.6 cm³/mol. The molecule has 0 aromatic heterocycles. The number of carbonyl (C=O) groups excluding carboxylic acids is 1. The minimum atomic E-state index is -3.63.